The van der Waals surface area contributed by atoms with Gasteiger partial charge >= 0.3 is 0 Å². The molecule has 0 aliphatic rings. The lowest BCUT2D eigenvalue weighted by atomic mass is 10.3. The highest BCUT2D eigenvalue weighted by Gasteiger charge is 2.10. The van der Waals surface area contributed by atoms with E-state index in [0.29, 0.717) is 6.04 Å². The number of halogens is 1. The Morgan fingerprint density at radius 2 is 1.92 bits per heavy atom. The second-order valence-corrected chi connectivity index (χ2v) is 6.29. The summed E-state index contributed by atoms with van der Waals surface area (Å²) >= 11 is 0. The molecule has 0 aliphatic carbocycles. The maximum Gasteiger partial charge on any atom is 0.123 e. The van der Waals surface area contributed by atoms with Crippen LogP contribution in [-0.4, -0.2) is 31.3 Å². The third-order valence-electron chi connectivity index (χ3n) is 3.90. The normalized spacial score (nSPS) is 11.6. The van der Waals surface area contributed by atoms with Crippen LogP contribution in [0.4, 0.5) is 4.39 Å². The van der Waals surface area contributed by atoms with Gasteiger partial charge in [0.1, 0.15) is 11.6 Å². The Morgan fingerprint density at radius 1 is 1.17 bits per heavy atom. The average molecular weight is 327 g/mol. The van der Waals surface area contributed by atoms with E-state index in [4.69, 9.17) is 0 Å². The zero-order valence-corrected chi connectivity index (χ0v) is 14.2. The van der Waals surface area contributed by atoms with Crippen molar-refractivity contribution in [3.8, 4) is 5.69 Å². The third-order valence-corrected chi connectivity index (χ3v) is 3.90. The monoisotopic (exact) mass is 327 g/mol. The highest BCUT2D eigenvalue weighted by Crippen LogP contribution is 2.13. The molecule has 0 radical (unpaired) electrons. The van der Waals surface area contributed by atoms with E-state index in [1.54, 1.807) is 16.8 Å². The van der Waals surface area contributed by atoms with Crippen molar-refractivity contribution in [2.75, 3.05) is 7.05 Å². The van der Waals surface area contributed by atoms with Crippen molar-refractivity contribution in [1.82, 2.24) is 24.2 Å². The third kappa shape index (κ3) is 3.71. The molecule has 24 heavy (non-hydrogen) atoms. The van der Waals surface area contributed by atoms with Crippen LogP contribution in [0.2, 0.25) is 0 Å². The predicted octanol–water partition coefficient (Wildman–Crippen LogP) is 3.42. The second-order valence-electron chi connectivity index (χ2n) is 6.29. The maximum absolute atomic E-state index is 13.0. The minimum atomic E-state index is -0.244. The summed E-state index contributed by atoms with van der Waals surface area (Å²) < 4.78 is 16.9. The van der Waals surface area contributed by atoms with E-state index in [-0.39, 0.29) is 5.82 Å². The Hall–Kier alpha value is -2.47. The molecule has 0 atom stereocenters. The number of rotatable bonds is 6. The number of nitrogens with zero attached hydrogens (tertiary/aromatic N) is 5. The molecule has 6 heteroatoms. The van der Waals surface area contributed by atoms with E-state index in [1.807, 2.05) is 24.8 Å². The zero-order chi connectivity index (χ0) is 17.1. The first-order valence-corrected chi connectivity index (χ1v) is 8.02. The summed E-state index contributed by atoms with van der Waals surface area (Å²) in [6.07, 6.45) is 7.67. The highest BCUT2D eigenvalue weighted by molar-refractivity contribution is 5.31. The predicted molar refractivity (Wildman–Crippen MR) is 91.3 cm³/mol. The molecule has 0 N–H and O–H groups in total. The van der Waals surface area contributed by atoms with E-state index in [1.165, 1.54) is 12.1 Å². The molecule has 0 fully saturated rings. The molecule has 2 heterocycles. The lowest BCUT2D eigenvalue weighted by Gasteiger charge is -2.18. The Morgan fingerprint density at radius 3 is 2.62 bits per heavy atom. The van der Waals surface area contributed by atoms with Crippen LogP contribution in [0, 0.1) is 5.82 Å². The molecule has 2 aromatic heterocycles. The maximum atomic E-state index is 13.0. The van der Waals surface area contributed by atoms with Gasteiger partial charge in [0.25, 0.3) is 0 Å². The van der Waals surface area contributed by atoms with Crippen molar-refractivity contribution in [3.05, 3.63) is 66.3 Å². The number of imidazole rings is 1. The first kappa shape index (κ1) is 16.4. The van der Waals surface area contributed by atoms with Crippen LogP contribution < -0.4 is 0 Å². The van der Waals surface area contributed by atoms with E-state index >= 15 is 0 Å². The quantitative estimate of drug-likeness (QED) is 0.696. The number of hydrogen-bond donors (Lipinski definition) is 0. The molecule has 0 bridgehead atoms. The van der Waals surface area contributed by atoms with Gasteiger partial charge in [-0.3, -0.25) is 4.90 Å². The van der Waals surface area contributed by atoms with Gasteiger partial charge in [0, 0.05) is 36.7 Å². The van der Waals surface area contributed by atoms with Crippen LogP contribution >= 0.6 is 0 Å². The van der Waals surface area contributed by atoms with Crippen LogP contribution in [0.3, 0.4) is 0 Å². The molecular formula is C18H22FN5. The molecule has 0 aliphatic heterocycles. The first-order valence-electron chi connectivity index (χ1n) is 8.02. The Balaban J connectivity index is 1.66. The van der Waals surface area contributed by atoms with Crippen molar-refractivity contribution < 1.29 is 4.39 Å². The second kappa shape index (κ2) is 6.97. The van der Waals surface area contributed by atoms with Gasteiger partial charge in [0.2, 0.25) is 0 Å². The molecule has 3 rings (SSSR count). The summed E-state index contributed by atoms with van der Waals surface area (Å²) in [7, 11) is 2.06. The van der Waals surface area contributed by atoms with E-state index in [9.17, 15) is 4.39 Å². The van der Waals surface area contributed by atoms with Crippen molar-refractivity contribution in [1.29, 1.82) is 0 Å². The van der Waals surface area contributed by atoms with Crippen LogP contribution in [0.1, 0.15) is 31.3 Å². The molecule has 0 saturated carbocycles. The topological polar surface area (TPSA) is 38.9 Å². The van der Waals surface area contributed by atoms with Crippen LogP contribution in [0.15, 0.2) is 49.1 Å². The molecular weight excluding hydrogens is 305 g/mol. The van der Waals surface area contributed by atoms with Crippen molar-refractivity contribution in [3.63, 3.8) is 0 Å². The molecule has 3 aromatic rings. The summed E-state index contributed by atoms with van der Waals surface area (Å²) in [6, 6.07) is 6.71. The van der Waals surface area contributed by atoms with Gasteiger partial charge < -0.3 is 4.57 Å². The average Bonchev–Trinajstić information content (AvgIpc) is 3.17. The number of benzene rings is 1. The Bertz CT molecular complexity index is 788. The molecule has 0 amide bonds. The Labute approximate surface area is 141 Å². The standard InChI is InChI=1S/C18H22FN5/c1-14(2)23-9-8-20-18(23)13-22(3)11-15-10-21-24(12-15)17-6-4-16(19)5-7-17/h4-10,12,14H,11,13H2,1-3H3. The van der Waals surface area contributed by atoms with Gasteiger partial charge in [-0.1, -0.05) is 0 Å². The first-order chi connectivity index (χ1) is 11.5. The zero-order valence-electron chi connectivity index (χ0n) is 14.2. The van der Waals surface area contributed by atoms with Gasteiger partial charge in [0.05, 0.1) is 18.4 Å². The molecule has 5 nitrogen and oxygen atoms in total. The molecule has 126 valence electrons. The largest absolute Gasteiger partial charge is 0.331 e. The lowest BCUT2D eigenvalue weighted by Crippen LogP contribution is -2.20. The molecule has 0 spiro atoms. The SMILES string of the molecule is CC(C)n1ccnc1CN(C)Cc1cnn(-c2ccc(F)cc2)c1. The van der Waals surface area contributed by atoms with Crippen molar-refractivity contribution in [2.24, 2.45) is 0 Å². The van der Waals surface area contributed by atoms with Gasteiger partial charge in [-0.05, 0) is 45.2 Å². The van der Waals surface area contributed by atoms with E-state index in [0.717, 1.165) is 30.2 Å². The lowest BCUT2D eigenvalue weighted by molar-refractivity contribution is 0.302. The van der Waals surface area contributed by atoms with Gasteiger partial charge in [0.15, 0.2) is 0 Å². The van der Waals surface area contributed by atoms with Gasteiger partial charge in [-0.25, -0.2) is 14.1 Å². The summed E-state index contributed by atoms with van der Waals surface area (Å²) in [5, 5.41) is 4.36. The summed E-state index contributed by atoms with van der Waals surface area (Å²) in [4.78, 5) is 6.65. The summed E-state index contributed by atoms with van der Waals surface area (Å²) in [5.74, 6) is 0.810. The van der Waals surface area contributed by atoms with Crippen LogP contribution in [-0.2, 0) is 13.1 Å². The number of aromatic nitrogens is 4. The van der Waals surface area contributed by atoms with E-state index < -0.39 is 0 Å². The van der Waals surface area contributed by atoms with E-state index in [2.05, 4.69) is 40.4 Å². The Kier molecular flexibility index (Phi) is 4.76. The molecule has 1 aromatic carbocycles. The summed E-state index contributed by atoms with van der Waals surface area (Å²) in [5.41, 5.74) is 1.95. The van der Waals surface area contributed by atoms with Crippen LogP contribution in [0.25, 0.3) is 5.69 Å². The van der Waals surface area contributed by atoms with Gasteiger partial charge in [-0.15, -0.1) is 0 Å². The van der Waals surface area contributed by atoms with Gasteiger partial charge in [-0.2, -0.15) is 5.10 Å². The van der Waals surface area contributed by atoms with Crippen molar-refractivity contribution in [2.45, 2.75) is 33.0 Å². The smallest absolute Gasteiger partial charge is 0.123 e. The fourth-order valence-electron chi connectivity index (χ4n) is 2.72. The molecule has 0 unspecified atom stereocenters. The minimum absolute atomic E-state index is 0.244. The fourth-order valence-corrected chi connectivity index (χ4v) is 2.72. The highest BCUT2D eigenvalue weighted by atomic mass is 19.1. The summed E-state index contributed by atoms with van der Waals surface area (Å²) in [6.45, 7) is 5.84. The fraction of sp³-hybridized carbons (Fsp3) is 0.333. The minimum Gasteiger partial charge on any atom is -0.331 e. The van der Waals surface area contributed by atoms with Crippen LogP contribution in [0.5, 0.6) is 0 Å². The van der Waals surface area contributed by atoms with Crippen molar-refractivity contribution >= 4 is 0 Å². The molecule has 0 saturated heterocycles. The number of hydrogen-bond acceptors (Lipinski definition) is 3.